The van der Waals surface area contributed by atoms with E-state index in [2.05, 4.69) is 6.92 Å². The van der Waals surface area contributed by atoms with Gasteiger partial charge in [0.1, 0.15) is 0 Å². The second-order valence-corrected chi connectivity index (χ2v) is 6.70. The lowest BCUT2D eigenvalue weighted by Gasteiger charge is -2.59. The molecule has 4 fully saturated rings. The van der Waals surface area contributed by atoms with Crippen molar-refractivity contribution in [2.45, 2.75) is 51.9 Å². The Morgan fingerprint density at radius 2 is 1.59 bits per heavy atom. The topological polar surface area (TPSA) is 49.9 Å². The zero-order valence-electron chi connectivity index (χ0n) is 10.7. The van der Waals surface area contributed by atoms with E-state index in [0.717, 1.165) is 24.2 Å². The first kappa shape index (κ1) is 13.2. The molecule has 0 spiro atoms. The first-order valence-electron chi connectivity index (χ1n) is 6.97. The molecule has 0 amide bonds. The molecule has 2 nitrogen and oxygen atoms in total. The van der Waals surface area contributed by atoms with E-state index in [1.807, 2.05) is 0 Å². The van der Waals surface area contributed by atoms with Crippen LogP contribution in [0.15, 0.2) is 0 Å². The number of halogens is 1. The summed E-state index contributed by atoms with van der Waals surface area (Å²) in [5.41, 5.74) is 6.29. The lowest BCUT2D eigenvalue weighted by atomic mass is 9.46. The first-order valence-corrected chi connectivity index (χ1v) is 6.97. The number of rotatable bonds is 3. The highest BCUT2D eigenvalue weighted by atomic mass is 35.5. The van der Waals surface area contributed by atoms with Crippen LogP contribution >= 0.6 is 12.4 Å². The maximum absolute atomic E-state index is 7.86. The van der Waals surface area contributed by atoms with Crippen LogP contribution in [0.1, 0.15) is 51.9 Å². The second kappa shape index (κ2) is 4.46. The van der Waals surface area contributed by atoms with Crippen LogP contribution in [0, 0.1) is 34.5 Å². The molecule has 0 aliphatic heterocycles. The van der Waals surface area contributed by atoms with Gasteiger partial charge in [-0.2, -0.15) is 0 Å². The third-order valence-electron chi connectivity index (χ3n) is 5.61. The van der Waals surface area contributed by atoms with Crippen molar-refractivity contribution in [2.75, 3.05) is 0 Å². The first-order chi connectivity index (χ1) is 7.63. The van der Waals surface area contributed by atoms with Crippen LogP contribution in [0.4, 0.5) is 0 Å². The molecule has 0 heterocycles. The second-order valence-electron chi connectivity index (χ2n) is 6.70. The Morgan fingerprint density at radius 3 is 1.88 bits per heavy atom. The van der Waals surface area contributed by atoms with Gasteiger partial charge in [0.15, 0.2) is 0 Å². The molecule has 1 atom stereocenters. The van der Waals surface area contributed by atoms with Crippen LogP contribution in [0.2, 0.25) is 0 Å². The van der Waals surface area contributed by atoms with E-state index < -0.39 is 0 Å². The van der Waals surface area contributed by atoms with Gasteiger partial charge < -0.3 is 5.73 Å². The van der Waals surface area contributed by atoms with Crippen LogP contribution in [0.5, 0.6) is 0 Å². The molecule has 3 N–H and O–H groups in total. The van der Waals surface area contributed by atoms with Crippen LogP contribution in [0.3, 0.4) is 0 Å². The quantitative estimate of drug-likeness (QED) is 0.589. The summed E-state index contributed by atoms with van der Waals surface area (Å²) in [6.07, 6.45) is 9.63. The molecule has 0 saturated heterocycles. The zero-order chi connectivity index (χ0) is 11.3. The van der Waals surface area contributed by atoms with Gasteiger partial charge >= 0.3 is 0 Å². The van der Waals surface area contributed by atoms with Crippen molar-refractivity contribution in [1.82, 2.24) is 0 Å². The van der Waals surface area contributed by atoms with Crippen LogP contribution in [-0.4, -0.2) is 5.84 Å². The fourth-order valence-corrected chi connectivity index (χ4v) is 5.59. The van der Waals surface area contributed by atoms with Gasteiger partial charge in [-0.25, -0.2) is 0 Å². The molecule has 4 aliphatic carbocycles. The lowest BCUT2D eigenvalue weighted by molar-refractivity contribution is -0.0729. The van der Waals surface area contributed by atoms with Crippen molar-refractivity contribution >= 4 is 18.2 Å². The van der Waals surface area contributed by atoms with E-state index in [-0.39, 0.29) is 12.4 Å². The van der Waals surface area contributed by atoms with Crippen molar-refractivity contribution in [3.8, 4) is 0 Å². The minimum atomic E-state index is 0. The Balaban J connectivity index is 0.00000108. The highest BCUT2D eigenvalue weighted by Gasteiger charge is 2.54. The van der Waals surface area contributed by atoms with Crippen molar-refractivity contribution in [1.29, 1.82) is 5.41 Å². The van der Waals surface area contributed by atoms with Crippen LogP contribution < -0.4 is 5.73 Å². The molecule has 0 radical (unpaired) electrons. The van der Waals surface area contributed by atoms with Gasteiger partial charge in [-0.1, -0.05) is 6.92 Å². The molecule has 1 unspecified atom stereocenters. The van der Waals surface area contributed by atoms with E-state index in [0.29, 0.717) is 17.2 Å². The molecule has 98 valence electrons. The summed E-state index contributed by atoms with van der Waals surface area (Å²) < 4.78 is 0. The Kier molecular flexibility index (Phi) is 3.46. The molecule has 4 bridgehead atoms. The average molecular weight is 257 g/mol. The average Bonchev–Trinajstić information content (AvgIpc) is 2.14. The minimum Gasteiger partial charge on any atom is -0.387 e. The van der Waals surface area contributed by atoms with E-state index in [1.165, 1.54) is 38.5 Å². The highest BCUT2D eigenvalue weighted by Crippen LogP contribution is 2.63. The fraction of sp³-hybridized carbons (Fsp3) is 0.929. The predicted octanol–water partition coefficient (Wildman–Crippen LogP) is 3.59. The van der Waals surface area contributed by atoms with E-state index in [4.69, 9.17) is 11.1 Å². The van der Waals surface area contributed by atoms with Crippen LogP contribution in [0.25, 0.3) is 0 Å². The zero-order valence-corrected chi connectivity index (χ0v) is 11.6. The van der Waals surface area contributed by atoms with Crippen molar-refractivity contribution in [3.05, 3.63) is 0 Å². The monoisotopic (exact) mass is 256 g/mol. The fourth-order valence-electron chi connectivity index (χ4n) is 5.59. The van der Waals surface area contributed by atoms with Gasteiger partial charge in [-0.15, -0.1) is 12.4 Å². The number of hydrogen-bond acceptors (Lipinski definition) is 1. The number of nitrogens with one attached hydrogen (secondary N) is 1. The molecule has 4 aliphatic rings. The molecule has 4 rings (SSSR count). The molecule has 0 aromatic heterocycles. The van der Waals surface area contributed by atoms with Crippen molar-refractivity contribution < 1.29 is 0 Å². The summed E-state index contributed by atoms with van der Waals surface area (Å²) in [4.78, 5) is 0. The molecular formula is C14H25ClN2. The summed E-state index contributed by atoms with van der Waals surface area (Å²) in [6, 6.07) is 0. The maximum Gasteiger partial charge on any atom is 0.0942 e. The largest absolute Gasteiger partial charge is 0.387 e. The third kappa shape index (κ3) is 1.99. The van der Waals surface area contributed by atoms with Crippen LogP contribution in [-0.2, 0) is 0 Å². The lowest BCUT2D eigenvalue weighted by Crippen LogP contribution is -2.52. The van der Waals surface area contributed by atoms with E-state index in [1.54, 1.807) is 0 Å². The van der Waals surface area contributed by atoms with Gasteiger partial charge in [0.05, 0.1) is 5.84 Å². The number of nitrogens with two attached hydrogens (primary N) is 1. The summed E-state index contributed by atoms with van der Waals surface area (Å²) >= 11 is 0. The Bertz CT molecular complexity index is 278. The number of amidine groups is 1. The van der Waals surface area contributed by atoms with Gasteiger partial charge in [-0.05, 0) is 68.1 Å². The van der Waals surface area contributed by atoms with Gasteiger partial charge in [0, 0.05) is 5.92 Å². The minimum absolute atomic E-state index is 0. The highest BCUT2D eigenvalue weighted by molar-refractivity contribution is 5.85. The van der Waals surface area contributed by atoms with E-state index in [9.17, 15) is 0 Å². The molecule has 0 aromatic rings. The summed E-state index contributed by atoms with van der Waals surface area (Å²) in [7, 11) is 0. The number of hydrogen-bond donors (Lipinski definition) is 2. The van der Waals surface area contributed by atoms with Gasteiger partial charge in [-0.3, -0.25) is 5.41 Å². The summed E-state index contributed by atoms with van der Waals surface area (Å²) in [5, 5.41) is 7.86. The molecule has 4 saturated carbocycles. The Morgan fingerprint density at radius 1 is 1.18 bits per heavy atom. The van der Waals surface area contributed by atoms with E-state index >= 15 is 0 Å². The molecule has 17 heavy (non-hydrogen) atoms. The normalized spacial score (nSPS) is 44.2. The molecule has 0 aromatic carbocycles. The molecule has 3 heteroatoms. The Labute approximate surface area is 111 Å². The summed E-state index contributed by atoms with van der Waals surface area (Å²) in [6.45, 7) is 2.21. The standard InChI is InChI=1S/C14H24N2.ClH/c1-2-12(13(15)16)14-6-9-3-10(7-14)5-11(4-9)8-14;/h9-12H,2-8H2,1H3,(H3,15,16);1H. The molecular weight excluding hydrogens is 232 g/mol. The van der Waals surface area contributed by atoms with Crippen molar-refractivity contribution in [2.24, 2.45) is 34.8 Å². The smallest absolute Gasteiger partial charge is 0.0942 e. The van der Waals surface area contributed by atoms with Gasteiger partial charge in [0.2, 0.25) is 0 Å². The predicted molar refractivity (Wildman–Crippen MR) is 73.5 cm³/mol. The Hall–Kier alpha value is -0.240. The third-order valence-corrected chi connectivity index (χ3v) is 5.61. The van der Waals surface area contributed by atoms with Gasteiger partial charge in [0.25, 0.3) is 0 Å². The summed E-state index contributed by atoms with van der Waals surface area (Å²) in [5.74, 6) is 3.75. The van der Waals surface area contributed by atoms with Crippen molar-refractivity contribution in [3.63, 3.8) is 0 Å². The maximum atomic E-state index is 7.86. The SMILES string of the molecule is CCC(C(=N)N)C12CC3CC(CC(C3)C1)C2.Cl.